The maximum atomic E-state index is 12.1. The fourth-order valence-electron chi connectivity index (χ4n) is 2.55. The molecule has 0 amide bonds. The van der Waals surface area contributed by atoms with E-state index in [1.165, 1.54) is 7.11 Å². The number of esters is 1. The summed E-state index contributed by atoms with van der Waals surface area (Å²) in [4.78, 5) is 16.5. The molecule has 0 saturated heterocycles. The van der Waals surface area contributed by atoms with E-state index in [1.54, 1.807) is 18.5 Å². The fraction of sp³-hybridized carbons (Fsp3) is 0.125. The van der Waals surface area contributed by atoms with Gasteiger partial charge < -0.3 is 16.2 Å². The van der Waals surface area contributed by atoms with Gasteiger partial charge in [0.2, 0.25) is 0 Å². The summed E-state index contributed by atoms with van der Waals surface area (Å²) in [5.74, 6) is -0.442. The molecule has 112 valence electrons. The van der Waals surface area contributed by atoms with Crippen molar-refractivity contribution in [2.75, 3.05) is 12.8 Å². The number of aromatic nitrogens is 2. The zero-order valence-corrected chi connectivity index (χ0v) is 12.1. The van der Waals surface area contributed by atoms with Gasteiger partial charge in [0, 0.05) is 17.8 Å². The molecule has 1 aromatic heterocycles. The monoisotopic (exact) mass is 296 g/mol. The number of para-hydroxylation sites is 2. The molecule has 0 aliphatic heterocycles. The van der Waals surface area contributed by atoms with Gasteiger partial charge in [0.1, 0.15) is 6.33 Å². The average Bonchev–Trinajstić information content (AvgIpc) is 2.97. The molecule has 6 nitrogen and oxygen atoms in total. The van der Waals surface area contributed by atoms with Crippen LogP contribution < -0.4 is 11.5 Å². The number of carbonyl (C=O) groups excluding carboxylic acids is 1. The summed E-state index contributed by atoms with van der Waals surface area (Å²) in [7, 11) is 1.34. The Labute approximate surface area is 127 Å². The van der Waals surface area contributed by atoms with Crippen LogP contribution in [0.25, 0.3) is 16.7 Å². The van der Waals surface area contributed by atoms with Crippen molar-refractivity contribution in [1.29, 1.82) is 0 Å². The van der Waals surface area contributed by atoms with Gasteiger partial charge in [0.05, 0.1) is 29.4 Å². The van der Waals surface area contributed by atoms with Crippen molar-refractivity contribution in [2.24, 2.45) is 5.73 Å². The Morgan fingerprint density at radius 3 is 2.77 bits per heavy atom. The number of carbonyl (C=O) groups is 1. The predicted molar refractivity (Wildman–Crippen MR) is 84.7 cm³/mol. The van der Waals surface area contributed by atoms with Crippen LogP contribution in [0.1, 0.15) is 15.9 Å². The molecule has 6 heteroatoms. The topological polar surface area (TPSA) is 96.2 Å². The van der Waals surface area contributed by atoms with Gasteiger partial charge in [-0.15, -0.1) is 0 Å². The van der Waals surface area contributed by atoms with Crippen LogP contribution in [0, 0.1) is 0 Å². The minimum absolute atomic E-state index is 0.207. The van der Waals surface area contributed by atoms with E-state index in [9.17, 15) is 4.79 Å². The van der Waals surface area contributed by atoms with E-state index >= 15 is 0 Å². The van der Waals surface area contributed by atoms with E-state index in [1.807, 2.05) is 28.8 Å². The first kappa shape index (κ1) is 14.1. The second-order valence-corrected chi connectivity index (χ2v) is 4.83. The lowest BCUT2D eigenvalue weighted by Crippen LogP contribution is -2.14. The third-order valence-electron chi connectivity index (χ3n) is 3.62. The van der Waals surface area contributed by atoms with Gasteiger partial charge in [-0.05, 0) is 24.3 Å². The second kappa shape index (κ2) is 5.50. The number of imidazole rings is 1. The van der Waals surface area contributed by atoms with Crippen molar-refractivity contribution in [3.63, 3.8) is 0 Å². The summed E-state index contributed by atoms with van der Waals surface area (Å²) in [5, 5.41) is 0. The molecule has 0 saturated carbocycles. The molecule has 3 rings (SSSR count). The van der Waals surface area contributed by atoms with Gasteiger partial charge in [-0.25, -0.2) is 9.78 Å². The lowest BCUT2D eigenvalue weighted by atomic mass is 10.0. The van der Waals surface area contributed by atoms with Crippen molar-refractivity contribution in [1.82, 2.24) is 9.55 Å². The van der Waals surface area contributed by atoms with E-state index in [0.717, 1.165) is 11.0 Å². The normalized spacial score (nSPS) is 10.8. The first-order chi connectivity index (χ1) is 10.7. The number of rotatable bonds is 3. The first-order valence-electron chi connectivity index (χ1n) is 6.79. The van der Waals surface area contributed by atoms with Crippen LogP contribution in [-0.2, 0) is 11.3 Å². The van der Waals surface area contributed by atoms with Gasteiger partial charge >= 0.3 is 5.97 Å². The van der Waals surface area contributed by atoms with Crippen molar-refractivity contribution >= 4 is 22.7 Å². The molecular weight excluding hydrogens is 280 g/mol. The van der Waals surface area contributed by atoms with Gasteiger partial charge in [-0.1, -0.05) is 12.1 Å². The number of hydrogen-bond acceptors (Lipinski definition) is 5. The van der Waals surface area contributed by atoms with Gasteiger partial charge in [0.15, 0.2) is 0 Å². The Kier molecular flexibility index (Phi) is 3.52. The lowest BCUT2D eigenvalue weighted by Gasteiger charge is -2.16. The Bertz CT molecular complexity index is 854. The third-order valence-corrected chi connectivity index (χ3v) is 3.62. The molecule has 0 spiro atoms. The first-order valence-corrected chi connectivity index (χ1v) is 6.79. The molecule has 0 atom stereocenters. The summed E-state index contributed by atoms with van der Waals surface area (Å²) >= 11 is 0. The zero-order valence-electron chi connectivity index (χ0n) is 12.1. The highest BCUT2D eigenvalue weighted by molar-refractivity contribution is 5.96. The number of nitrogens with two attached hydrogens (primary N) is 2. The van der Waals surface area contributed by atoms with E-state index in [0.29, 0.717) is 22.5 Å². The molecule has 0 unspecified atom stereocenters. The van der Waals surface area contributed by atoms with Crippen molar-refractivity contribution in [3.05, 3.63) is 53.9 Å². The summed E-state index contributed by atoms with van der Waals surface area (Å²) in [5.41, 5.74) is 15.8. The highest BCUT2D eigenvalue weighted by Gasteiger charge is 2.20. The molecule has 4 N–H and O–H groups in total. The Hall–Kier alpha value is -2.86. The smallest absolute Gasteiger partial charge is 0.340 e. The maximum Gasteiger partial charge on any atom is 0.340 e. The number of anilines is 1. The minimum Gasteiger partial charge on any atom is -0.465 e. The number of fused-ring (bicyclic) bond motifs is 1. The number of ether oxygens (including phenoxy) is 1. The molecule has 1 heterocycles. The molecule has 0 fully saturated rings. The van der Waals surface area contributed by atoms with Gasteiger partial charge in [-0.3, -0.25) is 4.57 Å². The Balaban J connectivity index is 2.37. The van der Waals surface area contributed by atoms with Crippen molar-refractivity contribution in [2.45, 2.75) is 6.54 Å². The number of hydrogen-bond donors (Lipinski definition) is 2. The van der Waals surface area contributed by atoms with Crippen LogP contribution in [0.3, 0.4) is 0 Å². The minimum atomic E-state index is -0.442. The second-order valence-electron chi connectivity index (χ2n) is 4.83. The summed E-state index contributed by atoms with van der Waals surface area (Å²) in [6, 6.07) is 10.9. The van der Waals surface area contributed by atoms with Crippen LogP contribution in [-0.4, -0.2) is 22.6 Å². The van der Waals surface area contributed by atoms with Crippen LogP contribution in [0.5, 0.6) is 0 Å². The summed E-state index contributed by atoms with van der Waals surface area (Å²) in [6.07, 6.45) is 1.66. The zero-order chi connectivity index (χ0) is 15.7. The van der Waals surface area contributed by atoms with E-state index in [-0.39, 0.29) is 6.54 Å². The Morgan fingerprint density at radius 2 is 2.05 bits per heavy atom. The molecule has 2 aromatic carbocycles. The SMILES string of the molecule is COC(=O)c1ccc(N)c(CN)c1-n1cnc2ccccc21. The third kappa shape index (κ3) is 2.10. The summed E-state index contributed by atoms with van der Waals surface area (Å²) < 4.78 is 6.69. The number of methoxy groups -OCH3 is 1. The molecule has 0 radical (unpaired) electrons. The number of benzene rings is 2. The van der Waals surface area contributed by atoms with Gasteiger partial charge in [-0.2, -0.15) is 0 Å². The average molecular weight is 296 g/mol. The quantitative estimate of drug-likeness (QED) is 0.568. The van der Waals surface area contributed by atoms with Crippen LogP contribution in [0.4, 0.5) is 5.69 Å². The molecular formula is C16H16N4O2. The standard InChI is InChI=1S/C16H16N4O2/c1-22-16(21)10-6-7-12(18)11(8-17)15(10)20-9-19-13-4-2-3-5-14(13)20/h2-7,9H,8,17-18H2,1H3. The predicted octanol–water partition coefficient (Wildman–Crippen LogP) is 1.85. The van der Waals surface area contributed by atoms with Crippen LogP contribution in [0.15, 0.2) is 42.7 Å². The Morgan fingerprint density at radius 1 is 1.27 bits per heavy atom. The molecule has 0 aliphatic carbocycles. The largest absolute Gasteiger partial charge is 0.465 e. The van der Waals surface area contributed by atoms with Crippen molar-refractivity contribution in [3.8, 4) is 5.69 Å². The molecule has 22 heavy (non-hydrogen) atoms. The van der Waals surface area contributed by atoms with Crippen LogP contribution in [0.2, 0.25) is 0 Å². The summed E-state index contributed by atoms with van der Waals surface area (Å²) in [6.45, 7) is 0.207. The van der Waals surface area contributed by atoms with Crippen molar-refractivity contribution < 1.29 is 9.53 Å². The highest BCUT2D eigenvalue weighted by Crippen LogP contribution is 2.28. The van der Waals surface area contributed by atoms with E-state index in [4.69, 9.17) is 16.2 Å². The fourth-order valence-corrected chi connectivity index (χ4v) is 2.55. The highest BCUT2D eigenvalue weighted by atomic mass is 16.5. The van der Waals surface area contributed by atoms with Gasteiger partial charge in [0.25, 0.3) is 0 Å². The van der Waals surface area contributed by atoms with Crippen LogP contribution >= 0.6 is 0 Å². The molecule has 3 aromatic rings. The molecule has 0 bridgehead atoms. The molecule has 0 aliphatic rings. The van der Waals surface area contributed by atoms with E-state index in [2.05, 4.69) is 4.98 Å². The number of nitrogens with zero attached hydrogens (tertiary/aromatic N) is 2. The maximum absolute atomic E-state index is 12.1. The number of nitrogen functional groups attached to an aromatic ring is 1. The lowest BCUT2D eigenvalue weighted by molar-refractivity contribution is 0.0600. The van der Waals surface area contributed by atoms with E-state index < -0.39 is 5.97 Å².